The number of hydrogen-bond acceptors (Lipinski definition) is 1. The van der Waals surface area contributed by atoms with Gasteiger partial charge in [-0.25, -0.2) is 0 Å². The molecule has 0 amide bonds. The van der Waals surface area contributed by atoms with Gasteiger partial charge in [-0.3, -0.25) is 0 Å². The van der Waals surface area contributed by atoms with Crippen molar-refractivity contribution in [3.05, 3.63) is 12.2 Å². The minimum atomic E-state index is 0.00733. The lowest BCUT2D eigenvalue weighted by molar-refractivity contribution is -0.0507. The SMILES string of the molecule is C=C1CC[C@H]2C[C@@H]3[C@H](CC[C@H]4C[C@@H](O)CC[C@H]43)C[C@]12C. The Morgan fingerprint density at radius 1 is 1.00 bits per heavy atom. The molecule has 7 atom stereocenters. The average molecular weight is 274 g/mol. The highest BCUT2D eigenvalue weighted by atomic mass is 16.3. The maximum absolute atomic E-state index is 9.96. The highest BCUT2D eigenvalue weighted by molar-refractivity contribution is 5.20. The van der Waals surface area contributed by atoms with Crippen molar-refractivity contribution in [1.29, 1.82) is 0 Å². The van der Waals surface area contributed by atoms with E-state index in [1.807, 2.05) is 0 Å². The van der Waals surface area contributed by atoms with Gasteiger partial charge in [0, 0.05) is 0 Å². The molecule has 0 unspecified atom stereocenters. The van der Waals surface area contributed by atoms with Crippen molar-refractivity contribution in [3.8, 4) is 0 Å². The molecule has 4 aliphatic rings. The molecule has 0 radical (unpaired) electrons. The van der Waals surface area contributed by atoms with E-state index in [4.69, 9.17) is 0 Å². The molecule has 1 N–H and O–H groups in total. The number of allylic oxidation sites excluding steroid dienone is 1. The van der Waals surface area contributed by atoms with Gasteiger partial charge in [-0.2, -0.15) is 0 Å². The van der Waals surface area contributed by atoms with Gasteiger partial charge in [0.25, 0.3) is 0 Å². The van der Waals surface area contributed by atoms with E-state index >= 15 is 0 Å². The summed E-state index contributed by atoms with van der Waals surface area (Å²) in [6, 6.07) is 0. The molecule has 0 bridgehead atoms. The molecule has 0 heterocycles. The normalized spacial score (nSPS) is 55.0. The first-order valence-electron chi connectivity index (χ1n) is 8.94. The van der Waals surface area contributed by atoms with Crippen LogP contribution in [0, 0.1) is 35.0 Å². The van der Waals surface area contributed by atoms with Crippen molar-refractivity contribution in [2.45, 2.75) is 70.8 Å². The lowest BCUT2D eigenvalue weighted by Gasteiger charge is -2.54. The highest BCUT2D eigenvalue weighted by Crippen LogP contribution is 2.62. The quantitative estimate of drug-likeness (QED) is 0.642. The number of hydrogen-bond donors (Lipinski definition) is 1. The van der Waals surface area contributed by atoms with E-state index in [2.05, 4.69) is 13.5 Å². The average Bonchev–Trinajstić information content (AvgIpc) is 2.71. The topological polar surface area (TPSA) is 20.2 Å². The lowest BCUT2D eigenvalue weighted by Crippen LogP contribution is -2.46. The van der Waals surface area contributed by atoms with E-state index in [1.54, 1.807) is 5.57 Å². The van der Waals surface area contributed by atoms with Crippen LogP contribution in [0.3, 0.4) is 0 Å². The molecule has 1 nitrogen and oxygen atoms in total. The van der Waals surface area contributed by atoms with E-state index in [1.165, 1.54) is 44.9 Å². The first kappa shape index (κ1) is 13.4. The molecule has 0 aromatic heterocycles. The molecular weight excluding hydrogens is 244 g/mol. The van der Waals surface area contributed by atoms with Gasteiger partial charge in [0.1, 0.15) is 0 Å². The van der Waals surface area contributed by atoms with Crippen LogP contribution in [0.25, 0.3) is 0 Å². The molecule has 0 aliphatic heterocycles. The second kappa shape index (κ2) is 4.60. The maximum Gasteiger partial charge on any atom is 0.0543 e. The zero-order valence-electron chi connectivity index (χ0n) is 13.0. The Morgan fingerprint density at radius 3 is 2.65 bits per heavy atom. The Labute approximate surface area is 123 Å². The number of rotatable bonds is 0. The van der Waals surface area contributed by atoms with Gasteiger partial charge in [0.2, 0.25) is 0 Å². The van der Waals surface area contributed by atoms with E-state index in [0.717, 1.165) is 42.4 Å². The Hall–Kier alpha value is -0.300. The summed E-state index contributed by atoms with van der Waals surface area (Å²) in [7, 11) is 0. The molecule has 0 aromatic carbocycles. The summed E-state index contributed by atoms with van der Waals surface area (Å²) in [5.41, 5.74) is 2.03. The van der Waals surface area contributed by atoms with E-state index in [9.17, 15) is 5.11 Å². The van der Waals surface area contributed by atoms with Crippen LogP contribution in [-0.2, 0) is 0 Å². The predicted octanol–water partition coefficient (Wildman–Crippen LogP) is 4.56. The zero-order chi connectivity index (χ0) is 13.9. The summed E-state index contributed by atoms with van der Waals surface area (Å²) in [4.78, 5) is 0. The van der Waals surface area contributed by atoms with Gasteiger partial charge in [0.05, 0.1) is 6.10 Å². The van der Waals surface area contributed by atoms with Crippen LogP contribution in [0.4, 0.5) is 0 Å². The molecular formula is C19H30O. The molecule has 112 valence electrons. The van der Waals surface area contributed by atoms with Crippen molar-refractivity contribution in [2.75, 3.05) is 0 Å². The second-order valence-corrected chi connectivity index (χ2v) is 8.59. The zero-order valence-corrected chi connectivity index (χ0v) is 13.0. The summed E-state index contributed by atoms with van der Waals surface area (Å²) in [6.07, 6.45) is 11.9. The van der Waals surface area contributed by atoms with Crippen LogP contribution in [0.5, 0.6) is 0 Å². The van der Waals surface area contributed by atoms with Crippen LogP contribution in [0.15, 0.2) is 12.2 Å². The largest absolute Gasteiger partial charge is 0.393 e. The van der Waals surface area contributed by atoms with Crippen molar-refractivity contribution in [3.63, 3.8) is 0 Å². The molecule has 4 aliphatic carbocycles. The van der Waals surface area contributed by atoms with Gasteiger partial charge in [-0.1, -0.05) is 19.1 Å². The van der Waals surface area contributed by atoms with Crippen LogP contribution >= 0.6 is 0 Å². The fourth-order valence-electron chi connectivity index (χ4n) is 6.57. The number of aliphatic hydroxyl groups excluding tert-OH is 1. The highest BCUT2D eigenvalue weighted by Gasteiger charge is 2.53. The van der Waals surface area contributed by atoms with Crippen LogP contribution in [0.2, 0.25) is 0 Å². The smallest absolute Gasteiger partial charge is 0.0543 e. The summed E-state index contributed by atoms with van der Waals surface area (Å²) in [6.45, 7) is 6.92. The third kappa shape index (κ3) is 1.85. The third-order valence-electron chi connectivity index (χ3n) is 7.82. The van der Waals surface area contributed by atoms with Gasteiger partial charge >= 0.3 is 0 Å². The van der Waals surface area contributed by atoms with Gasteiger partial charge in [-0.05, 0) is 92.8 Å². The van der Waals surface area contributed by atoms with Crippen LogP contribution in [0.1, 0.15) is 64.7 Å². The van der Waals surface area contributed by atoms with E-state index < -0.39 is 0 Å². The summed E-state index contributed by atoms with van der Waals surface area (Å²) in [5.74, 6) is 4.64. The van der Waals surface area contributed by atoms with Crippen molar-refractivity contribution >= 4 is 0 Å². The monoisotopic (exact) mass is 274 g/mol. The Balaban J connectivity index is 1.56. The Morgan fingerprint density at radius 2 is 1.80 bits per heavy atom. The standard InChI is InChI=1S/C19H30O/c1-12-3-6-15-10-18-14(11-19(12,15)2)5-4-13-9-16(20)7-8-17(13)18/h13-18,20H,1,3-11H2,2H3/t13-,14+,15-,16-,17+,18+,19+/m0/s1. The minimum absolute atomic E-state index is 0.00733. The molecule has 4 rings (SSSR count). The van der Waals surface area contributed by atoms with Gasteiger partial charge < -0.3 is 5.11 Å². The lowest BCUT2D eigenvalue weighted by atomic mass is 9.51. The maximum atomic E-state index is 9.96. The predicted molar refractivity (Wildman–Crippen MR) is 82.3 cm³/mol. The number of aliphatic hydroxyl groups is 1. The molecule has 4 fully saturated rings. The van der Waals surface area contributed by atoms with Crippen LogP contribution < -0.4 is 0 Å². The molecule has 20 heavy (non-hydrogen) atoms. The first-order chi connectivity index (χ1) is 9.58. The molecule has 4 saturated carbocycles. The molecule has 1 heteroatoms. The third-order valence-corrected chi connectivity index (χ3v) is 7.82. The Kier molecular flexibility index (Phi) is 3.07. The fraction of sp³-hybridized carbons (Fsp3) is 0.895. The first-order valence-corrected chi connectivity index (χ1v) is 8.94. The number of fused-ring (bicyclic) bond motifs is 4. The molecule has 0 saturated heterocycles. The van der Waals surface area contributed by atoms with E-state index in [0.29, 0.717) is 5.41 Å². The van der Waals surface area contributed by atoms with Crippen molar-refractivity contribution < 1.29 is 5.11 Å². The van der Waals surface area contributed by atoms with Gasteiger partial charge in [-0.15, -0.1) is 0 Å². The molecule has 0 aromatic rings. The van der Waals surface area contributed by atoms with Crippen LogP contribution in [-0.4, -0.2) is 11.2 Å². The summed E-state index contributed by atoms with van der Waals surface area (Å²) < 4.78 is 0. The van der Waals surface area contributed by atoms with Crippen molar-refractivity contribution in [2.24, 2.45) is 35.0 Å². The Bertz CT molecular complexity index is 414. The summed E-state index contributed by atoms with van der Waals surface area (Å²) in [5, 5.41) is 9.96. The minimum Gasteiger partial charge on any atom is -0.393 e. The second-order valence-electron chi connectivity index (χ2n) is 8.59. The summed E-state index contributed by atoms with van der Waals surface area (Å²) >= 11 is 0. The molecule has 0 spiro atoms. The van der Waals surface area contributed by atoms with E-state index in [-0.39, 0.29) is 6.10 Å². The van der Waals surface area contributed by atoms with Gasteiger partial charge in [0.15, 0.2) is 0 Å². The fourth-order valence-corrected chi connectivity index (χ4v) is 6.57. The van der Waals surface area contributed by atoms with Crippen molar-refractivity contribution in [1.82, 2.24) is 0 Å².